The van der Waals surface area contributed by atoms with Gasteiger partial charge in [0, 0.05) is 12.6 Å². The van der Waals surface area contributed by atoms with E-state index in [2.05, 4.69) is 5.32 Å². The smallest absolute Gasteiger partial charge is 0.126 e. The predicted molar refractivity (Wildman–Crippen MR) is 80.3 cm³/mol. The third-order valence-corrected chi connectivity index (χ3v) is 4.61. The quantitative estimate of drug-likeness (QED) is 0.886. The Labute approximate surface area is 121 Å². The van der Waals surface area contributed by atoms with E-state index in [-0.39, 0.29) is 6.10 Å². The van der Waals surface area contributed by atoms with Crippen LogP contribution in [0.3, 0.4) is 0 Å². The van der Waals surface area contributed by atoms with Gasteiger partial charge < -0.3 is 15.2 Å². The fourth-order valence-corrected chi connectivity index (χ4v) is 3.40. The lowest BCUT2D eigenvalue weighted by molar-refractivity contribution is 0.166. The molecule has 0 saturated heterocycles. The molecule has 3 nitrogen and oxygen atoms in total. The van der Waals surface area contributed by atoms with Crippen molar-refractivity contribution in [1.29, 1.82) is 0 Å². The molecule has 0 unspecified atom stereocenters. The molecule has 0 bridgehead atoms. The van der Waals surface area contributed by atoms with Gasteiger partial charge in [0.15, 0.2) is 0 Å². The summed E-state index contributed by atoms with van der Waals surface area (Å²) in [6.07, 6.45) is 9.35. The number of phenols is 1. The number of phenolic OH excluding ortho intramolecular Hbond substituents is 1. The van der Waals surface area contributed by atoms with E-state index < -0.39 is 0 Å². The molecule has 20 heavy (non-hydrogen) atoms. The van der Waals surface area contributed by atoms with Crippen LogP contribution in [-0.2, 0) is 6.42 Å². The molecule has 0 aromatic heterocycles. The number of hydrogen-bond donors (Lipinski definition) is 2. The van der Waals surface area contributed by atoms with Gasteiger partial charge in [-0.25, -0.2) is 0 Å². The molecule has 0 amide bonds. The van der Waals surface area contributed by atoms with E-state index in [4.69, 9.17) is 4.74 Å². The first kappa shape index (κ1) is 13.7. The summed E-state index contributed by atoms with van der Waals surface area (Å²) in [7, 11) is 0. The lowest BCUT2D eigenvalue weighted by atomic mass is 9.89. The Hall–Kier alpha value is -1.22. The second-order valence-corrected chi connectivity index (χ2v) is 6.23. The van der Waals surface area contributed by atoms with E-state index in [0.29, 0.717) is 5.75 Å². The van der Waals surface area contributed by atoms with Gasteiger partial charge in [-0.3, -0.25) is 0 Å². The largest absolute Gasteiger partial charge is 0.508 e. The maximum absolute atomic E-state index is 9.53. The van der Waals surface area contributed by atoms with Gasteiger partial charge in [0.25, 0.3) is 0 Å². The predicted octanol–water partition coefficient (Wildman–Crippen LogP) is 3.26. The summed E-state index contributed by atoms with van der Waals surface area (Å²) >= 11 is 0. The van der Waals surface area contributed by atoms with Crippen LogP contribution in [0.4, 0.5) is 0 Å². The summed E-state index contributed by atoms with van der Waals surface area (Å²) in [6.45, 7) is 2.05. The molecule has 3 rings (SSSR count). The molecule has 1 aromatic rings. The number of hydrogen-bond acceptors (Lipinski definition) is 3. The summed E-state index contributed by atoms with van der Waals surface area (Å²) in [4.78, 5) is 0. The van der Waals surface area contributed by atoms with Crippen LogP contribution in [0.15, 0.2) is 18.2 Å². The van der Waals surface area contributed by atoms with Crippen LogP contribution in [0, 0.1) is 5.92 Å². The average Bonchev–Trinajstić information content (AvgIpc) is 2.48. The van der Waals surface area contributed by atoms with Gasteiger partial charge in [-0.05, 0) is 49.8 Å². The highest BCUT2D eigenvalue weighted by molar-refractivity contribution is 5.41. The Balaban J connectivity index is 1.45. The van der Waals surface area contributed by atoms with Gasteiger partial charge in [-0.2, -0.15) is 0 Å². The van der Waals surface area contributed by atoms with Crippen LogP contribution in [0.1, 0.15) is 44.1 Å². The van der Waals surface area contributed by atoms with Crippen LogP contribution >= 0.6 is 0 Å². The zero-order valence-electron chi connectivity index (χ0n) is 12.1. The number of fused-ring (bicyclic) bond motifs is 1. The molecule has 1 atom stereocenters. The molecule has 110 valence electrons. The highest BCUT2D eigenvalue weighted by Gasteiger charge is 2.20. The number of aryl methyl sites for hydroxylation is 1. The van der Waals surface area contributed by atoms with E-state index in [1.54, 1.807) is 12.1 Å². The van der Waals surface area contributed by atoms with Gasteiger partial charge in [0.05, 0.1) is 0 Å². The molecular formula is C17H25NO2. The van der Waals surface area contributed by atoms with Crippen LogP contribution in [0.5, 0.6) is 11.5 Å². The zero-order valence-corrected chi connectivity index (χ0v) is 12.1. The second kappa shape index (κ2) is 6.49. The molecule has 1 heterocycles. The summed E-state index contributed by atoms with van der Waals surface area (Å²) in [5.41, 5.74) is 1.21. The molecule has 0 spiro atoms. The maximum Gasteiger partial charge on any atom is 0.126 e. The summed E-state index contributed by atoms with van der Waals surface area (Å²) in [5.74, 6) is 2.02. The van der Waals surface area contributed by atoms with Crippen LogP contribution in [-0.4, -0.2) is 24.3 Å². The van der Waals surface area contributed by atoms with Crippen molar-refractivity contribution in [1.82, 2.24) is 5.32 Å². The van der Waals surface area contributed by atoms with Crippen LogP contribution in [0.2, 0.25) is 0 Å². The number of rotatable bonds is 4. The van der Waals surface area contributed by atoms with E-state index in [9.17, 15) is 5.11 Å². The molecule has 1 fully saturated rings. The minimum absolute atomic E-state index is 0.243. The third kappa shape index (κ3) is 3.45. The monoisotopic (exact) mass is 275 g/mol. The molecule has 2 N–H and O–H groups in total. The van der Waals surface area contributed by atoms with E-state index in [1.165, 1.54) is 37.7 Å². The van der Waals surface area contributed by atoms with Gasteiger partial charge in [0.2, 0.25) is 0 Å². The molecule has 1 saturated carbocycles. The zero-order chi connectivity index (χ0) is 13.8. The van der Waals surface area contributed by atoms with Gasteiger partial charge in [-0.1, -0.05) is 25.3 Å². The van der Waals surface area contributed by atoms with E-state index in [1.807, 2.05) is 6.07 Å². The molecule has 1 aliphatic carbocycles. The Bertz CT molecular complexity index is 441. The first-order valence-electron chi connectivity index (χ1n) is 8.00. The highest BCUT2D eigenvalue weighted by atomic mass is 16.5. The number of aromatic hydroxyl groups is 1. The van der Waals surface area contributed by atoms with Crippen molar-refractivity contribution in [3.63, 3.8) is 0 Å². The van der Waals surface area contributed by atoms with E-state index in [0.717, 1.165) is 37.6 Å². The maximum atomic E-state index is 9.53. The Kier molecular flexibility index (Phi) is 4.46. The highest BCUT2D eigenvalue weighted by Crippen LogP contribution is 2.30. The molecule has 2 aliphatic rings. The number of nitrogens with one attached hydrogen (secondary N) is 1. The summed E-state index contributed by atoms with van der Waals surface area (Å²) < 4.78 is 5.98. The normalized spacial score (nSPS) is 23.1. The van der Waals surface area contributed by atoms with Gasteiger partial charge >= 0.3 is 0 Å². The molecular weight excluding hydrogens is 250 g/mol. The summed E-state index contributed by atoms with van der Waals surface area (Å²) in [5, 5.41) is 13.1. The van der Waals surface area contributed by atoms with Crippen molar-refractivity contribution >= 4 is 0 Å². The topological polar surface area (TPSA) is 41.5 Å². The Morgan fingerprint density at radius 1 is 1.10 bits per heavy atom. The van der Waals surface area contributed by atoms with Gasteiger partial charge in [0.1, 0.15) is 17.6 Å². The van der Waals surface area contributed by atoms with Crippen LogP contribution in [0.25, 0.3) is 0 Å². The Morgan fingerprint density at radius 3 is 2.80 bits per heavy atom. The van der Waals surface area contributed by atoms with Crippen molar-refractivity contribution in [2.45, 2.75) is 51.0 Å². The number of benzene rings is 1. The van der Waals surface area contributed by atoms with Crippen molar-refractivity contribution in [3.05, 3.63) is 23.8 Å². The van der Waals surface area contributed by atoms with E-state index >= 15 is 0 Å². The molecule has 1 aromatic carbocycles. The first-order valence-corrected chi connectivity index (χ1v) is 8.00. The third-order valence-electron chi connectivity index (χ3n) is 4.61. The first-order chi connectivity index (χ1) is 9.81. The standard InChI is InChI=1S/C17H25NO2/c19-15-8-6-14-7-9-16(20-17(14)10-15)12-18-11-13-4-2-1-3-5-13/h6,8,10,13,16,18-19H,1-5,7,9,11-12H2/t16-/m1/s1. The second-order valence-electron chi connectivity index (χ2n) is 6.23. The van der Waals surface area contributed by atoms with Crippen LogP contribution < -0.4 is 10.1 Å². The summed E-state index contributed by atoms with van der Waals surface area (Å²) in [6, 6.07) is 5.45. The minimum atomic E-state index is 0.243. The fraction of sp³-hybridized carbons (Fsp3) is 0.647. The lowest BCUT2D eigenvalue weighted by Crippen LogP contribution is -2.36. The Morgan fingerprint density at radius 2 is 1.95 bits per heavy atom. The number of ether oxygens (including phenoxy) is 1. The lowest BCUT2D eigenvalue weighted by Gasteiger charge is -2.28. The van der Waals surface area contributed by atoms with Crippen molar-refractivity contribution < 1.29 is 9.84 Å². The minimum Gasteiger partial charge on any atom is -0.508 e. The van der Waals surface area contributed by atoms with Crippen molar-refractivity contribution in [3.8, 4) is 11.5 Å². The van der Waals surface area contributed by atoms with Gasteiger partial charge in [-0.15, -0.1) is 0 Å². The SMILES string of the molecule is Oc1ccc2c(c1)O[C@@H](CNCC1CCCCC1)CC2. The fourth-order valence-electron chi connectivity index (χ4n) is 3.40. The van der Waals surface area contributed by atoms with Crippen molar-refractivity contribution in [2.24, 2.45) is 5.92 Å². The average molecular weight is 275 g/mol. The molecule has 3 heteroatoms. The molecule has 1 aliphatic heterocycles. The molecule has 0 radical (unpaired) electrons. The van der Waals surface area contributed by atoms with Crippen molar-refractivity contribution in [2.75, 3.05) is 13.1 Å².